The highest BCUT2D eigenvalue weighted by atomic mass is 16.5. The van der Waals surface area contributed by atoms with Crippen molar-refractivity contribution >= 4 is 11.7 Å². The molecule has 1 aliphatic carbocycles. The molecule has 0 bridgehead atoms. The van der Waals surface area contributed by atoms with E-state index >= 15 is 0 Å². The van der Waals surface area contributed by atoms with Crippen LogP contribution in [0.3, 0.4) is 0 Å². The lowest BCUT2D eigenvalue weighted by Crippen LogP contribution is -2.39. The molecule has 3 heterocycles. The van der Waals surface area contributed by atoms with Crippen LogP contribution in [-0.4, -0.2) is 37.4 Å². The van der Waals surface area contributed by atoms with Gasteiger partial charge in [0.05, 0.1) is 6.54 Å². The largest absolute Gasteiger partial charge is 0.332 e. The smallest absolute Gasteiger partial charge is 0.322 e. The Kier molecular flexibility index (Phi) is 4.34. The van der Waals surface area contributed by atoms with E-state index in [1.165, 1.54) is 5.56 Å². The number of hydrogen-bond donors (Lipinski definition) is 1. The maximum atomic E-state index is 12.8. The molecule has 8 nitrogen and oxygen atoms in total. The van der Waals surface area contributed by atoms with Crippen molar-refractivity contribution in [3.8, 4) is 11.6 Å². The molecule has 1 aromatic carbocycles. The molecule has 1 N–H and O–H groups in total. The van der Waals surface area contributed by atoms with Crippen molar-refractivity contribution in [1.29, 1.82) is 0 Å². The van der Waals surface area contributed by atoms with Gasteiger partial charge in [-0.05, 0) is 37.0 Å². The quantitative estimate of drug-likeness (QED) is 0.734. The second-order valence-corrected chi connectivity index (χ2v) is 7.78. The second-order valence-electron chi connectivity index (χ2n) is 7.78. The van der Waals surface area contributed by atoms with Crippen LogP contribution in [0.4, 0.5) is 10.5 Å². The Morgan fingerprint density at radius 1 is 1.28 bits per heavy atom. The lowest BCUT2D eigenvalue weighted by molar-refractivity contribution is 0.206. The highest BCUT2D eigenvalue weighted by molar-refractivity contribution is 5.89. The van der Waals surface area contributed by atoms with Crippen LogP contribution >= 0.6 is 0 Å². The Balaban J connectivity index is 1.35. The highest BCUT2D eigenvalue weighted by Gasteiger charge is 2.32. The van der Waals surface area contributed by atoms with Crippen LogP contribution < -0.4 is 5.32 Å². The molecular formula is C21H24N6O2. The SMILES string of the molecule is CCc1ccc(NC(=O)N2CCc3c(c(-c4nc(C5CC5)no4)nn3C)C2)cc1. The van der Waals surface area contributed by atoms with Crippen LogP contribution in [0, 0.1) is 0 Å². The normalized spacial score (nSPS) is 16.0. The number of aromatic nitrogens is 4. The van der Waals surface area contributed by atoms with E-state index in [4.69, 9.17) is 4.52 Å². The number of nitrogens with one attached hydrogen (secondary N) is 1. The van der Waals surface area contributed by atoms with Gasteiger partial charge in [-0.2, -0.15) is 10.1 Å². The monoisotopic (exact) mass is 392 g/mol. The average Bonchev–Trinajstić information content (AvgIpc) is 3.39. The molecular weight excluding hydrogens is 368 g/mol. The summed E-state index contributed by atoms with van der Waals surface area (Å²) in [6, 6.07) is 7.85. The number of amides is 2. The summed E-state index contributed by atoms with van der Waals surface area (Å²) in [5.74, 6) is 1.63. The van der Waals surface area contributed by atoms with Gasteiger partial charge in [-0.1, -0.05) is 24.2 Å². The van der Waals surface area contributed by atoms with E-state index in [9.17, 15) is 4.79 Å². The number of carbonyl (C=O) groups excluding carboxylic acids is 1. The number of rotatable bonds is 4. The Labute approximate surface area is 168 Å². The molecule has 1 saturated carbocycles. The number of fused-ring (bicyclic) bond motifs is 1. The van der Waals surface area contributed by atoms with Crippen molar-refractivity contribution in [2.45, 2.75) is 45.1 Å². The molecule has 2 aliphatic rings. The molecule has 0 unspecified atom stereocenters. The van der Waals surface area contributed by atoms with E-state index in [-0.39, 0.29) is 6.03 Å². The molecule has 0 spiro atoms. The minimum atomic E-state index is -0.112. The third-order valence-corrected chi connectivity index (χ3v) is 5.73. The van der Waals surface area contributed by atoms with Crippen molar-refractivity contribution in [3.63, 3.8) is 0 Å². The molecule has 5 rings (SSSR count). The molecule has 29 heavy (non-hydrogen) atoms. The van der Waals surface area contributed by atoms with Gasteiger partial charge in [0.25, 0.3) is 5.89 Å². The molecule has 2 aromatic heterocycles. The van der Waals surface area contributed by atoms with Crippen LogP contribution in [0.15, 0.2) is 28.8 Å². The van der Waals surface area contributed by atoms with Gasteiger partial charge in [0, 0.05) is 42.9 Å². The van der Waals surface area contributed by atoms with E-state index < -0.39 is 0 Å². The summed E-state index contributed by atoms with van der Waals surface area (Å²) in [5, 5.41) is 11.7. The Morgan fingerprint density at radius 2 is 2.07 bits per heavy atom. The Bertz CT molecular complexity index is 1050. The summed E-state index contributed by atoms with van der Waals surface area (Å²) < 4.78 is 7.35. The van der Waals surface area contributed by atoms with Crippen molar-refractivity contribution in [1.82, 2.24) is 24.8 Å². The number of anilines is 1. The van der Waals surface area contributed by atoms with Crippen LogP contribution in [0.5, 0.6) is 0 Å². The van der Waals surface area contributed by atoms with E-state index in [1.54, 1.807) is 4.90 Å². The van der Waals surface area contributed by atoms with Crippen LogP contribution in [-0.2, 0) is 26.4 Å². The first-order valence-corrected chi connectivity index (χ1v) is 10.2. The standard InChI is InChI=1S/C21H24N6O2/c1-3-13-4-8-15(9-5-13)22-21(28)27-11-10-17-16(12-27)18(24-26(17)2)20-23-19(25-29-20)14-6-7-14/h4-5,8-9,14H,3,6-7,10-12H2,1-2H3,(H,22,28). The van der Waals surface area contributed by atoms with E-state index in [1.807, 2.05) is 36.0 Å². The predicted molar refractivity (Wildman–Crippen MR) is 107 cm³/mol. The number of carbonyl (C=O) groups is 1. The molecule has 1 aliphatic heterocycles. The van der Waals surface area contributed by atoms with Gasteiger partial charge in [0.1, 0.15) is 0 Å². The lowest BCUT2D eigenvalue weighted by Gasteiger charge is -2.27. The van der Waals surface area contributed by atoms with Crippen LogP contribution in [0.1, 0.15) is 48.3 Å². The zero-order chi connectivity index (χ0) is 20.0. The first-order chi connectivity index (χ1) is 14.1. The van der Waals surface area contributed by atoms with Crippen molar-refractivity contribution < 1.29 is 9.32 Å². The molecule has 8 heteroatoms. The fourth-order valence-electron chi connectivity index (χ4n) is 3.80. The average molecular weight is 392 g/mol. The number of benzene rings is 1. The third kappa shape index (κ3) is 3.39. The molecule has 0 saturated heterocycles. The number of urea groups is 1. The van der Waals surface area contributed by atoms with Gasteiger partial charge < -0.3 is 14.7 Å². The minimum Gasteiger partial charge on any atom is -0.332 e. The molecule has 0 atom stereocenters. The van der Waals surface area contributed by atoms with Gasteiger partial charge in [-0.25, -0.2) is 4.79 Å². The maximum absolute atomic E-state index is 12.8. The Morgan fingerprint density at radius 3 is 2.79 bits per heavy atom. The summed E-state index contributed by atoms with van der Waals surface area (Å²) in [4.78, 5) is 19.2. The zero-order valence-corrected chi connectivity index (χ0v) is 16.7. The maximum Gasteiger partial charge on any atom is 0.322 e. The van der Waals surface area contributed by atoms with E-state index in [0.717, 1.165) is 48.5 Å². The molecule has 1 fully saturated rings. The third-order valence-electron chi connectivity index (χ3n) is 5.73. The fraction of sp³-hybridized carbons (Fsp3) is 0.429. The summed E-state index contributed by atoms with van der Waals surface area (Å²) in [6.07, 6.45) is 3.95. The van der Waals surface area contributed by atoms with Crippen molar-refractivity contribution in [2.24, 2.45) is 7.05 Å². The van der Waals surface area contributed by atoms with E-state index in [2.05, 4.69) is 27.5 Å². The highest BCUT2D eigenvalue weighted by Crippen LogP contribution is 2.39. The lowest BCUT2D eigenvalue weighted by atomic mass is 10.1. The number of hydrogen-bond acceptors (Lipinski definition) is 5. The zero-order valence-electron chi connectivity index (χ0n) is 16.7. The summed E-state index contributed by atoms with van der Waals surface area (Å²) in [6.45, 7) is 3.22. The summed E-state index contributed by atoms with van der Waals surface area (Å²) in [7, 11) is 1.92. The topological polar surface area (TPSA) is 89.1 Å². The van der Waals surface area contributed by atoms with Crippen molar-refractivity contribution in [3.05, 3.63) is 46.9 Å². The van der Waals surface area contributed by atoms with Crippen LogP contribution in [0.25, 0.3) is 11.6 Å². The molecule has 3 aromatic rings. The van der Waals surface area contributed by atoms with Gasteiger partial charge in [0.2, 0.25) is 0 Å². The minimum absolute atomic E-state index is 0.112. The number of nitrogens with zero attached hydrogens (tertiary/aromatic N) is 5. The van der Waals surface area contributed by atoms with Gasteiger partial charge in [0.15, 0.2) is 11.5 Å². The van der Waals surface area contributed by atoms with Gasteiger partial charge in [-0.3, -0.25) is 4.68 Å². The van der Waals surface area contributed by atoms with Crippen molar-refractivity contribution in [2.75, 3.05) is 11.9 Å². The first-order valence-electron chi connectivity index (χ1n) is 10.2. The number of aryl methyl sites for hydroxylation is 2. The second kappa shape index (κ2) is 7.02. The Hall–Kier alpha value is -3.16. The van der Waals surface area contributed by atoms with Crippen LogP contribution in [0.2, 0.25) is 0 Å². The fourth-order valence-corrected chi connectivity index (χ4v) is 3.80. The molecule has 0 radical (unpaired) electrons. The van der Waals surface area contributed by atoms with E-state index in [0.29, 0.717) is 30.6 Å². The molecule has 2 amide bonds. The van der Waals surface area contributed by atoms with Gasteiger partial charge in [-0.15, -0.1) is 0 Å². The van der Waals surface area contributed by atoms with Gasteiger partial charge >= 0.3 is 6.03 Å². The first kappa shape index (κ1) is 17.9. The summed E-state index contributed by atoms with van der Waals surface area (Å²) in [5.41, 5.74) is 4.83. The summed E-state index contributed by atoms with van der Waals surface area (Å²) >= 11 is 0. The predicted octanol–water partition coefficient (Wildman–Crippen LogP) is 3.50. The molecule has 150 valence electrons.